The van der Waals surface area contributed by atoms with Crippen LogP contribution in [0.4, 0.5) is 0 Å². The highest BCUT2D eigenvalue weighted by Gasteiger charge is 2.14. The molecule has 0 fully saturated rings. The van der Waals surface area contributed by atoms with E-state index in [1.165, 1.54) is 4.88 Å². The van der Waals surface area contributed by atoms with E-state index in [-0.39, 0.29) is 0 Å². The van der Waals surface area contributed by atoms with Gasteiger partial charge in [0.25, 0.3) is 0 Å². The normalized spacial score (nSPS) is 12.8. The highest BCUT2D eigenvalue weighted by atomic mass is 32.1. The van der Waals surface area contributed by atoms with Gasteiger partial charge < -0.3 is 9.88 Å². The Labute approximate surface area is 118 Å². The van der Waals surface area contributed by atoms with Crippen molar-refractivity contribution in [1.82, 2.24) is 19.9 Å². The molecule has 0 bridgehead atoms. The average Bonchev–Trinajstić information content (AvgIpc) is 2.99. The maximum absolute atomic E-state index is 4.39. The van der Waals surface area contributed by atoms with E-state index >= 15 is 0 Å². The first-order valence-electron chi connectivity index (χ1n) is 6.82. The van der Waals surface area contributed by atoms with Crippen LogP contribution < -0.4 is 5.32 Å². The third-order valence-electron chi connectivity index (χ3n) is 3.20. The molecular formula is C14H22N4S. The fourth-order valence-electron chi connectivity index (χ4n) is 2.11. The smallest absolute Gasteiger partial charge is 0.108 e. The Morgan fingerprint density at radius 1 is 1.42 bits per heavy atom. The fraction of sp³-hybridized carbons (Fsp3) is 0.571. The predicted octanol–water partition coefficient (Wildman–Crippen LogP) is 2.86. The fourth-order valence-corrected chi connectivity index (χ4v) is 3.01. The SMILES string of the molecule is CCCNC(CCc1nccn1C)c1cnc(C)s1. The lowest BCUT2D eigenvalue weighted by atomic mass is 10.1. The van der Waals surface area contributed by atoms with Crippen LogP contribution in [0.15, 0.2) is 18.6 Å². The summed E-state index contributed by atoms with van der Waals surface area (Å²) in [5.41, 5.74) is 0. The van der Waals surface area contributed by atoms with Gasteiger partial charge in [0, 0.05) is 43.0 Å². The standard InChI is InChI=1S/C14H22N4S/c1-4-7-15-12(13-10-17-11(2)19-13)5-6-14-16-8-9-18(14)3/h8-10,12,15H,4-7H2,1-3H3. The second kappa shape index (κ2) is 6.82. The summed E-state index contributed by atoms with van der Waals surface area (Å²) in [6, 6.07) is 0.392. The molecule has 1 N–H and O–H groups in total. The number of hydrogen-bond acceptors (Lipinski definition) is 4. The van der Waals surface area contributed by atoms with Gasteiger partial charge in [-0.3, -0.25) is 0 Å². The molecule has 104 valence electrons. The van der Waals surface area contributed by atoms with Gasteiger partial charge in [0.1, 0.15) is 5.82 Å². The summed E-state index contributed by atoms with van der Waals surface area (Å²) >= 11 is 1.79. The Morgan fingerprint density at radius 2 is 2.26 bits per heavy atom. The van der Waals surface area contributed by atoms with E-state index < -0.39 is 0 Å². The predicted molar refractivity (Wildman–Crippen MR) is 79.4 cm³/mol. The van der Waals surface area contributed by atoms with Gasteiger partial charge in [-0.1, -0.05) is 6.92 Å². The zero-order chi connectivity index (χ0) is 13.7. The van der Waals surface area contributed by atoms with Gasteiger partial charge in [0.2, 0.25) is 0 Å². The minimum atomic E-state index is 0.392. The Bertz CT molecular complexity index is 503. The van der Waals surface area contributed by atoms with Gasteiger partial charge in [-0.25, -0.2) is 9.97 Å². The number of aryl methyl sites for hydroxylation is 3. The molecule has 0 aliphatic heterocycles. The van der Waals surface area contributed by atoms with Gasteiger partial charge in [0.05, 0.1) is 5.01 Å². The molecule has 2 rings (SSSR count). The molecule has 5 heteroatoms. The molecule has 0 saturated heterocycles. The van der Waals surface area contributed by atoms with Crippen molar-refractivity contribution in [1.29, 1.82) is 0 Å². The molecule has 0 spiro atoms. The highest BCUT2D eigenvalue weighted by molar-refractivity contribution is 7.11. The molecule has 1 atom stereocenters. The quantitative estimate of drug-likeness (QED) is 0.847. The summed E-state index contributed by atoms with van der Waals surface area (Å²) in [7, 11) is 2.05. The number of aromatic nitrogens is 3. The summed E-state index contributed by atoms with van der Waals surface area (Å²) < 4.78 is 2.09. The van der Waals surface area contributed by atoms with Gasteiger partial charge in [-0.2, -0.15) is 0 Å². The lowest BCUT2D eigenvalue weighted by molar-refractivity contribution is 0.497. The molecule has 2 aromatic heterocycles. The van der Waals surface area contributed by atoms with Crippen LogP contribution in [-0.2, 0) is 13.5 Å². The second-order valence-corrected chi connectivity index (χ2v) is 6.05. The Hall–Kier alpha value is -1.20. The zero-order valence-electron chi connectivity index (χ0n) is 11.9. The van der Waals surface area contributed by atoms with Crippen LogP contribution in [0.2, 0.25) is 0 Å². The number of imidazole rings is 1. The molecule has 0 radical (unpaired) electrons. The number of thiazole rings is 1. The molecule has 1 unspecified atom stereocenters. The second-order valence-electron chi connectivity index (χ2n) is 4.78. The molecule has 0 aliphatic rings. The zero-order valence-corrected chi connectivity index (χ0v) is 12.7. The molecule has 0 amide bonds. The summed E-state index contributed by atoms with van der Waals surface area (Å²) in [5, 5.41) is 4.75. The Kier molecular flexibility index (Phi) is 5.10. The molecule has 4 nitrogen and oxygen atoms in total. The minimum absolute atomic E-state index is 0.392. The van der Waals surface area contributed by atoms with Crippen molar-refractivity contribution in [2.75, 3.05) is 6.54 Å². The first kappa shape index (κ1) is 14.2. The van der Waals surface area contributed by atoms with Gasteiger partial charge >= 0.3 is 0 Å². The molecular weight excluding hydrogens is 256 g/mol. The van der Waals surface area contributed by atoms with E-state index in [9.17, 15) is 0 Å². The van der Waals surface area contributed by atoms with Gasteiger partial charge in [-0.05, 0) is 26.3 Å². The van der Waals surface area contributed by atoms with Crippen LogP contribution in [0.1, 0.15) is 41.5 Å². The molecule has 0 saturated carbocycles. The van der Waals surface area contributed by atoms with E-state index in [1.54, 1.807) is 11.3 Å². The van der Waals surface area contributed by atoms with Crippen LogP contribution in [0.3, 0.4) is 0 Å². The molecule has 2 aromatic rings. The van der Waals surface area contributed by atoms with Gasteiger partial charge in [-0.15, -0.1) is 11.3 Å². The number of nitrogens with one attached hydrogen (secondary N) is 1. The summed E-state index contributed by atoms with van der Waals surface area (Å²) in [5.74, 6) is 1.14. The third kappa shape index (κ3) is 3.88. The first-order valence-corrected chi connectivity index (χ1v) is 7.64. The van der Waals surface area contributed by atoms with Gasteiger partial charge in [0.15, 0.2) is 0 Å². The van der Waals surface area contributed by atoms with Crippen molar-refractivity contribution in [2.24, 2.45) is 7.05 Å². The first-order chi connectivity index (χ1) is 9.20. The topological polar surface area (TPSA) is 42.7 Å². The third-order valence-corrected chi connectivity index (χ3v) is 4.23. The summed E-state index contributed by atoms with van der Waals surface area (Å²) in [6.45, 7) is 5.30. The van der Waals surface area contributed by atoms with Crippen molar-refractivity contribution < 1.29 is 0 Å². The van der Waals surface area contributed by atoms with Crippen molar-refractivity contribution in [3.8, 4) is 0 Å². The maximum atomic E-state index is 4.39. The lowest BCUT2D eigenvalue weighted by Crippen LogP contribution is -2.22. The van der Waals surface area contributed by atoms with E-state index in [4.69, 9.17) is 0 Å². The van der Waals surface area contributed by atoms with Crippen molar-refractivity contribution >= 4 is 11.3 Å². The van der Waals surface area contributed by atoms with Crippen molar-refractivity contribution in [3.63, 3.8) is 0 Å². The van der Waals surface area contributed by atoms with Crippen LogP contribution in [0, 0.1) is 6.92 Å². The highest BCUT2D eigenvalue weighted by Crippen LogP contribution is 2.24. The van der Waals surface area contributed by atoms with Crippen molar-refractivity contribution in [3.05, 3.63) is 34.3 Å². The summed E-state index contributed by atoms with van der Waals surface area (Å²) in [6.07, 6.45) is 9.07. The van der Waals surface area contributed by atoms with E-state index in [1.807, 2.05) is 25.6 Å². The van der Waals surface area contributed by atoms with Crippen LogP contribution >= 0.6 is 11.3 Å². The molecule has 19 heavy (non-hydrogen) atoms. The minimum Gasteiger partial charge on any atom is -0.338 e. The lowest BCUT2D eigenvalue weighted by Gasteiger charge is -2.16. The van der Waals surface area contributed by atoms with Crippen LogP contribution in [0.5, 0.6) is 0 Å². The Morgan fingerprint density at radius 3 is 2.84 bits per heavy atom. The van der Waals surface area contributed by atoms with E-state index in [2.05, 4.69) is 33.7 Å². The molecule has 0 aromatic carbocycles. The van der Waals surface area contributed by atoms with Crippen LogP contribution in [0.25, 0.3) is 0 Å². The molecule has 0 aliphatic carbocycles. The average molecular weight is 278 g/mol. The number of hydrogen-bond donors (Lipinski definition) is 1. The largest absolute Gasteiger partial charge is 0.338 e. The Balaban J connectivity index is 1.99. The number of rotatable bonds is 7. The summed E-state index contributed by atoms with van der Waals surface area (Å²) in [4.78, 5) is 10.1. The monoisotopic (exact) mass is 278 g/mol. The van der Waals surface area contributed by atoms with Crippen LogP contribution in [-0.4, -0.2) is 21.1 Å². The van der Waals surface area contributed by atoms with Crippen molar-refractivity contribution in [2.45, 2.75) is 39.2 Å². The van der Waals surface area contributed by atoms with E-state index in [0.717, 1.165) is 36.6 Å². The molecule has 2 heterocycles. The number of nitrogens with zero attached hydrogens (tertiary/aromatic N) is 3. The van der Waals surface area contributed by atoms with E-state index in [0.29, 0.717) is 6.04 Å². The maximum Gasteiger partial charge on any atom is 0.108 e.